The quantitative estimate of drug-likeness (QED) is 0.611. The van der Waals surface area contributed by atoms with E-state index in [0.29, 0.717) is 33.4 Å². The molecule has 1 aromatic carbocycles. The largest absolute Gasteiger partial charge is 0.287 e. The van der Waals surface area contributed by atoms with Crippen molar-refractivity contribution in [3.05, 3.63) is 44.6 Å². The number of hydrogen-bond acceptors (Lipinski definition) is 3. The minimum Gasteiger partial charge on any atom is -0.287 e. The van der Waals surface area contributed by atoms with Crippen LogP contribution in [0.15, 0.2) is 44.2 Å². The lowest BCUT2D eigenvalue weighted by Gasteiger charge is -2.10. The Bertz CT molecular complexity index is 699. The topological polar surface area (TPSA) is 34.9 Å². The van der Waals surface area contributed by atoms with Gasteiger partial charge in [0, 0.05) is 21.8 Å². The van der Waals surface area contributed by atoms with Crippen molar-refractivity contribution in [2.75, 3.05) is 5.75 Å². The van der Waals surface area contributed by atoms with E-state index in [2.05, 4.69) is 27.5 Å². The fourth-order valence-corrected chi connectivity index (χ4v) is 3.05. The molecule has 6 heteroatoms. The van der Waals surface area contributed by atoms with Gasteiger partial charge in [0.05, 0.1) is 10.9 Å². The van der Waals surface area contributed by atoms with Gasteiger partial charge in [-0.3, -0.25) is 9.36 Å². The van der Waals surface area contributed by atoms with Crippen molar-refractivity contribution in [3.63, 3.8) is 0 Å². The monoisotopic (exact) mass is 358 g/mol. The molecule has 19 heavy (non-hydrogen) atoms. The highest BCUT2D eigenvalue weighted by atomic mass is 79.9. The van der Waals surface area contributed by atoms with Gasteiger partial charge in [-0.2, -0.15) is 0 Å². The van der Waals surface area contributed by atoms with E-state index < -0.39 is 0 Å². The summed E-state index contributed by atoms with van der Waals surface area (Å²) in [5, 5.41) is 1.83. The van der Waals surface area contributed by atoms with Crippen LogP contribution in [0.1, 0.15) is 6.92 Å². The van der Waals surface area contributed by atoms with Crippen molar-refractivity contribution >= 4 is 50.2 Å². The summed E-state index contributed by atoms with van der Waals surface area (Å²) in [6, 6.07) is 5.51. The Morgan fingerprint density at radius 3 is 2.95 bits per heavy atom. The smallest absolute Gasteiger partial charge is 0.262 e. The van der Waals surface area contributed by atoms with Crippen LogP contribution in [0.4, 0.5) is 0 Å². The van der Waals surface area contributed by atoms with Gasteiger partial charge in [0.1, 0.15) is 0 Å². The Balaban J connectivity index is 2.61. The van der Waals surface area contributed by atoms with Crippen molar-refractivity contribution in [2.45, 2.75) is 18.6 Å². The van der Waals surface area contributed by atoms with Gasteiger partial charge >= 0.3 is 0 Å². The van der Waals surface area contributed by atoms with Crippen molar-refractivity contribution in [1.29, 1.82) is 0 Å². The van der Waals surface area contributed by atoms with Gasteiger partial charge in [0.25, 0.3) is 5.56 Å². The molecule has 2 rings (SSSR count). The molecule has 0 bridgehead atoms. The molecule has 2 aromatic rings. The van der Waals surface area contributed by atoms with Crippen LogP contribution in [0.2, 0.25) is 0 Å². The third kappa shape index (κ3) is 3.22. The Hall–Kier alpha value is -0.780. The summed E-state index contributed by atoms with van der Waals surface area (Å²) in [6.45, 7) is 6.14. The number of thioether (sulfide) groups is 1. The minimum atomic E-state index is -0.0310. The molecule has 0 spiro atoms. The van der Waals surface area contributed by atoms with E-state index in [-0.39, 0.29) is 5.56 Å². The van der Waals surface area contributed by atoms with Crippen molar-refractivity contribution < 1.29 is 0 Å². The Labute approximate surface area is 128 Å². The van der Waals surface area contributed by atoms with E-state index in [1.54, 1.807) is 10.6 Å². The zero-order valence-electron chi connectivity index (χ0n) is 10.3. The van der Waals surface area contributed by atoms with Gasteiger partial charge in [-0.25, -0.2) is 4.98 Å². The number of halogens is 2. The summed E-state index contributed by atoms with van der Waals surface area (Å²) < 4.78 is 2.52. The van der Waals surface area contributed by atoms with E-state index in [9.17, 15) is 4.79 Å². The molecule has 0 saturated heterocycles. The second-order valence-electron chi connectivity index (χ2n) is 3.91. The third-order valence-corrected chi connectivity index (χ3v) is 4.40. The van der Waals surface area contributed by atoms with Gasteiger partial charge in [-0.05, 0) is 25.1 Å². The average Bonchev–Trinajstić information content (AvgIpc) is 2.37. The molecule has 0 fully saturated rings. The maximum absolute atomic E-state index is 12.4. The minimum absolute atomic E-state index is 0.0310. The van der Waals surface area contributed by atoms with E-state index in [1.165, 1.54) is 11.8 Å². The number of fused-ring (bicyclic) bond motifs is 1. The first-order valence-electron chi connectivity index (χ1n) is 5.69. The normalized spacial score (nSPS) is 10.9. The van der Waals surface area contributed by atoms with Gasteiger partial charge in [-0.1, -0.05) is 45.9 Å². The number of hydrogen-bond donors (Lipinski definition) is 0. The van der Waals surface area contributed by atoms with Crippen LogP contribution in [0.3, 0.4) is 0 Å². The molecule has 0 atom stereocenters. The van der Waals surface area contributed by atoms with E-state index in [1.807, 2.05) is 19.1 Å². The number of aromatic nitrogens is 2. The molecule has 0 aliphatic rings. The van der Waals surface area contributed by atoms with Crippen LogP contribution in [0.25, 0.3) is 10.9 Å². The first kappa shape index (κ1) is 14.6. The van der Waals surface area contributed by atoms with Crippen molar-refractivity contribution in [1.82, 2.24) is 9.55 Å². The molecule has 0 radical (unpaired) electrons. The van der Waals surface area contributed by atoms with Crippen LogP contribution < -0.4 is 5.56 Å². The molecule has 0 aliphatic carbocycles. The molecule has 0 amide bonds. The zero-order valence-corrected chi connectivity index (χ0v) is 13.5. The molecule has 1 aromatic heterocycles. The average molecular weight is 360 g/mol. The summed E-state index contributed by atoms with van der Waals surface area (Å²) in [5.41, 5.74) is 0.664. The maximum atomic E-state index is 12.4. The third-order valence-electron chi connectivity index (χ3n) is 2.56. The van der Waals surface area contributed by atoms with Crippen LogP contribution in [-0.2, 0) is 6.54 Å². The zero-order chi connectivity index (χ0) is 14.0. The van der Waals surface area contributed by atoms with Gasteiger partial charge < -0.3 is 0 Å². The van der Waals surface area contributed by atoms with Crippen LogP contribution in [0, 0.1) is 0 Å². The molecule has 1 heterocycles. The summed E-state index contributed by atoms with van der Waals surface area (Å²) in [5.74, 6) is 0.538. The molecular formula is C13H12BrClN2OS. The SMILES string of the molecule is C=C(Cl)CSc1nc2ccc(Br)cc2c(=O)n1CC. The standard InChI is InChI=1S/C13H12BrClN2OS/c1-3-17-12(18)10-6-9(14)4-5-11(10)16-13(17)19-7-8(2)15/h4-6H,2-3,7H2,1H3. The van der Waals surface area contributed by atoms with Crippen LogP contribution >= 0.6 is 39.3 Å². The highest BCUT2D eigenvalue weighted by Crippen LogP contribution is 2.22. The molecule has 0 aliphatic heterocycles. The lowest BCUT2D eigenvalue weighted by atomic mass is 10.2. The summed E-state index contributed by atoms with van der Waals surface area (Å²) in [7, 11) is 0. The first-order valence-corrected chi connectivity index (χ1v) is 7.84. The lowest BCUT2D eigenvalue weighted by molar-refractivity contribution is 0.635. The summed E-state index contributed by atoms with van der Waals surface area (Å²) in [6.07, 6.45) is 0. The van der Waals surface area contributed by atoms with Crippen molar-refractivity contribution in [2.24, 2.45) is 0 Å². The van der Waals surface area contributed by atoms with Gasteiger partial charge in [0.15, 0.2) is 5.16 Å². The van der Waals surface area contributed by atoms with Crippen molar-refractivity contribution in [3.8, 4) is 0 Å². The highest BCUT2D eigenvalue weighted by Gasteiger charge is 2.10. The maximum Gasteiger partial charge on any atom is 0.262 e. The molecule has 0 unspecified atom stereocenters. The Kier molecular flexibility index (Phi) is 4.71. The second kappa shape index (κ2) is 6.11. The predicted octanol–water partition coefficient (Wildman–Crippen LogP) is 4.02. The summed E-state index contributed by atoms with van der Waals surface area (Å²) >= 11 is 10.6. The predicted molar refractivity (Wildman–Crippen MR) is 85.1 cm³/mol. The molecule has 0 saturated carbocycles. The van der Waals surface area contributed by atoms with E-state index in [4.69, 9.17) is 11.6 Å². The Morgan fingerprint density at radius 1 is 1.58 bits per heavy atom. The fraction of sp³-hybridized carbons (Fsp3) is 0.231. The molecule has 100 valence electrons. The lowest BCUT2D eigenvalue weighted by Crippen LogP contribution is -2.22. The number of rotatable bonds is 4. The summed E-state index contributed by atoms with van der Waals surface area (Å²) in [4.78, 5) is 16.9. The van der Waals surface area contributed by atoms with E-state index in [0.717, 1.165) is 4.47 Å². The van der Waals surface area contributed by atoms with Crippen LogP contribution in [0.5, 0.6) is 0 Å². The molecule has 3 nitrogen and oxygen atoms in total. The number of benzene rings is 1. The van der Waals surface area contributed by atoms with E-state index >= 15 is 0 Å². The second-order valence-corrected chi connectivity index (χ2v) is 6.30. The molecular weight excluding hydrogens is 348 g/mol. The van der Waals surface area contributed by atoms with Gasteiger partial charge in [-0.15, -0.1) is 0 Å². The highest BCUT2D eigenvalue weighted by molar-refractivity contribution is 9.10. The van der Waals surface area contributed by atoms with Gasteiger partial charge in [0.2, 0.25) is 0 Å². The molecule has 0 N–H and O–H groups in total. The number of nitrogens with zero attached hydrogens (tertiary/aromatic N) is 2. The first-order chi connectivity index (χ1) is 9.02. The van der Waals surface area contributed by atoms with Crippen LogP contribution in [-0.4, -0.2) is 15.3 Å². The fourth-order valence-electron chi connectivity index (χ4n) is 1.70. The Morgan fingerprint density at radius 2 is 2.32 bits per heavy atom.